The topological polar surface area (TPSA) is 98.4 Å². The highest BCUT2D eigenvalue weighted by molar-refractivity contribution is 6.26. The third kappa shape index (κ3) is 2.23. The van der Waals surface area contributed by atoms with Crippen LogP contribution in [0.15, 0.2) is 11.3 Å². The summed E-state index contributed by atoms with van der Waals surface area (Å²) in [6, 6.07) is 0. The highest BCUT2D eigenvalue weighted by Gasteiger charge is 2.36. The van der Waals surface area contributed by atoms with Crippen LogP contribution in [0.25, 0.3) is 0 Å². The number of carbonyl (C=O) groups is 2. The number of nitrogens with one attached hydrogen (secondary N) is 1. The van der Waals surface area contributed by atoms with Crippen molar-refractivity contribution in [2.75, 3.05) is 0 Å². The molecule has 0 saturated heterocycles. The molecule has 0 aromatic carbocycles. The van der Waals surface area contributed by atoms with E-state index in [2.05, 4.69) is 0 Å². The molecule has 1 aliphatic rings. The summed E-state index contributed by atoms with van der Waals surface area (Å²) in [5.41, 5.74) is -0.783. The van der Waals surface area contributed by atoms with Crippen molar-refractivity contribution < 1.29 is 19.8 Å². The smallest absolute Gasteiger partial charge is 0.371 e. The van der Waals surface area contributed by atoms with Gasteiger partial charge in [0.25, 0.3) is 0 Å². The van der Waals surface area contributed by atoms with Crippen LogP contribution < -0.4 is 0 Å². The average molecular weight is 211 g/mol. The molecule has 82 valence electrons. The van der Waals surface area contributed by atoms with Gasteiger partial charge in [-0.2, -0.15) is 0 Å². The second-order valence-corrected chi connectivity index (χ2v) is 4.45. The molecule has 0 aliphatic heterocycles. The lowest BCUT2D eigenvalue weighted by molar-refractivity contribution is -0.136. The molecule has 3 N–H and O–H groups in total. The van der Waals surface area contributed by atoms with Crippen LogP contribution in [-0.4, -0.2) is 27.7 Å². The third-order valence-corrected chi connectivity index (χ3v) is 2.31. The van der Waals surface area contributed by atoms with Gasteiger partial charge in [0, 0.05) is 12.1 Å². The SMILES string of the molecule is CC1(C)CC(=N)C(=C(O)C(=O)O)C(=O)C1. The van der Waals surface area contributed by atoms with Crippen molar-refractivity contribution in [3.8, 4) is 0 Å². The van der Waals surface area contributed by atoms with Crippen molar-refractivity contribution in [1.82, 2.24) is 0 Å². The Kier molecular flexibility index (Phi) is 2.66. The fourth-order valence-corrected chi connectivity index (χ4v) is 1.70. The first kappa shape index (κ1) is 11.4. The number of carbonyl (C=O) groups excluding carboxylic acids is 1. The molecule has 15 heavy (non-hydrogen) atoms. The van der Waals surface area contributed by atoms with Gasteiger partial charge in [-0.15, -0.1) is 0 Å². The molecule has 0 spiro atoms. The number of aliphatic hydroxyl groups excluding tert-OH is 1. The molecule has 0 aromatic rings. The van der Waals surface area contributed by atoms with E-state index < -0.39 is 17.5 Å². The predicted octanol–water partition coefficient (Wildman–Crippen LogP) is 1.29. The molecular weight excluding hydrogens is 198 g/mol. The van der Waals surface area contributed by atoms with E-state index in [0.29, 0.717) is 6.42 Å². The van der Waals surface area contributed by atoms with Gasteiger partial charge in [0.1, 0.15) is 0 Å². The molecule has 0 bridgehead atoms. The summed E-state index contributed by atoms with van der Waals surface area (Å²) < 4.78 is 0. The quantitative estimate of drug-likeness (QED) is 0.449. The standard InChI is InChI=1S/C10H13NO4/c1-10(2)3-5(11)7(6(12)4-10)8(13)9(14)15/h11,13H,3-4H2,1-2H3,(H,14,15). The number of hydrogen-bond donors (Lipinski definition) is 3. The Bertz CT molecular complexity index is 357. The van der Waals surface area contributed by atoms with Crippen LogP contribution in [0.2, 0.25) is 0 Å². The summed E-state index contributed by atoms with van der Waals surface area (Å²) in [4.78, 5) is 22.0. The van der Waals surface area contributed by atoms with Gasteiger partial charge in [-0.05, 0) is 11.8 Å². The third-order valence-electron chi connectivity index (χ3n) is 2.31. The van der Waals surface area contributed by atoms with Crippen LogP contribution >= 0.6 is 0 Å². The zero-order chi connectivity index (χ0) is 11.8. The molecule has 1 rings (SSSR count). The van der Waals surface area contributed by atoms with E-state index in [-0.39, 0.29) is 23.1 Å². The zero-order valence-electron chi connectivity index (χ0n) is 8.63. The molecular formula is C10H13NO4. The number of rotatable bonds is 1. The van der Waals surface area contributed by atoms with Gasteiger partial charge < -0.3 is 15.6 Å². The second-order valence-electron chi connectivity index (χ2n) is 4.45. The minimum absolute atomic E-state index is 0.101. The van der Waals surface area contributed by atoms with E-state index in [1.807, 2.05) is 13.8 Å². The Labute approximate surface area is 86.9 Å². The maximum atomic E-state index is 11.5. The van der Waals surface area contributed by atoms with Gasteiger partial charge in [-0.1, -0.05) is 13.8 Å². The summed E-state index contributed by atoms with van der Waals surface area (Å²) in [5, 5.41) is 25.3. The molecule has 0 amide bonds. The molecule has 0 unspecified atom stereocenters. The maximum absolute atomic E-state index is 11.5. The zero-order valence-corrected chi connectivity index (χ0v) is 8.63. The number of carboxylic acids is 1. The molecule has 0 aromatic heterocycles. The first-order chi connectivity index (χ1) is 6.74. The molecule has 1 aliphatic carbocycles. The minimum atomic E-state index is -1.57. The van der Waals surface area contributed by atoms with Crippen molar-refractivity contribution in [3.05, 3.63) is 11.3 Å². The van der Waals surface area contributed by atoms with Crippen LogP contribution in [-0.2, 0) is 9.59 Å². The number of allylic oxidation sites excluding steroid dienone is 1. The average Bonchev–Trinajstić information content (AvgIpc) is 1.99. The molecule has 1 saturated carbocycles. The van der Waals surface area contributed by atoms with E-state index in [9.17, 15) is 14.7 Å². The number of Topliss-reactive ketones (excluding diaryl/α,β-unsaturated/α-hetero) is 1. The Morgan fingerprint density at radius 1 is 1.33 bits per heavy atom. The fourth-order valence-electron chi connectivity index (χ4n) is 1.70. The van der Waals surface area contributed by atoms with E-state index in [4.69, 9.17) is 10.5 Å². The number of carboxylic acid groups (broad SMARTS) is 1. The molecule has 5 heteroatoms. The predicted molar refractivity (Wildman–Crippen MR) is 53.0 cm³/mol. The summed E-state index contributed by atoms with van der Waals surface area (Å²) in [6.45, 7) is 3.65. The van der Waals surface area contributed by atoms with E-state index in [1.54, 1.807) is 0 Å². The maximum Gasteiger partial charge on any atom is 0.371 e. The van der Waals surface area contributed by atoms with Crippen LogP contribution in [0.3, 0.4) is 0 Å². The summed E-state index contributed by atoms with van der Waals surface area (Å²) in [7, 11) is 0. The normalized spacial score (nSPS) is 23.9. The summed E-state index contributed by atoms with van der Waals surface area (Å²) in [5.74, 6) is -3.06. The highest BCUT2D eigenvalue weighted by Crippen LogP contribution is 2.34. The number of hydrogen-bond acceptors (Lipinski definition) is 4. The molecule has 1 fully saturated rings. The molecule has 0 heterocycles. The van der Waals surface area contributed by atoms with E-state index >= 15 is 0 Å². The number of aliphatic hydroxyl groups is 1. The van der Waals surface area contributed by atoms with Crippen molar-refractivity contribution >= 4 is 17.5 Å². The van der Waals surface area contributed by atoms with Crippen molar-refractivity contribution in [2.24, 2.45) is 5.41 Å². The Balaban J connectivity index is 3.15. The van der Waals surface area contributed by atoms with Gasteiger partial charge in [-0.3, -0.25) is 4.79 Å². The first-order valence-electron chi connectivity index (χ1n) is 4.52. The Morgan fingerprint density at radius 2 is 1.87 bits per heavy atom. The van der Waals surface area contributed by atoms with Gasteiger partial charge in [0.15, 0.2) is 5.78 Å². The largest absolute Gasteiger partial charge is 0.501 e. The lowest BCUT2D eigenvalue weighted by Crippen LogP contribution is -2.33. The molecule has 0 atom stereocenters. The van der Waals surface area contributed by atoms with Gasteiger partial charge in [0.05, 0.1) is 5.57 Å². The van der Waals surface area contributed by atoms with E-state index in [0.717, 1.165) is 0 Å². The van der Waals surface area contributed by atoms with Crippen molar-refractivity contribution in [2.45, 2.75) is 26.7 Å². The van der Waals surface area contributed by atoms with Crippen molar-refractivity contribution in [1.29, 1.82) is 5.41 Å². The Hall–Kier alpha value is -1.65. The highest BCUT2D eigenvalue weighted by atomic mass is 16.4. The van der Waals surface area contributed by atoms with Gasteiger partial charge in [0.2, 0.25) is 5.76 Å². The fraction of sp³-hybridized carbons (Fsp3) is 0.500. The van der Waals surface area contributed by atoms with Crippen LogP contribution in [0.5, 0.6) is 0 Å². The Morgan fingerprint density at radius 3 is 2.27 bits per heavy atom. The molecule has 0 radical (unpaired) electrons. The summed E-state index contributed by atoms with van der Waals surface area (Å²) >= 11 is 0. The summed E-state index contributed by atoms with van der Waals surface area (Å²) in [6.07, 6.45) is 0.452. The van der Waals surface area contributed by atoms with Crippen LogP contribution in [0.4, 0.5) is 0 Å². The first-order valence-corrected chi connectivity index (χ1v) is 4.52. The van der Waals surface area contributed by atoms with Gasteiger partial charge >= 0.3 is 5.97 Å². The van der Waals surface area contributed by atoms with E-state index in [1.165, 1.54) is 0 Å². The lowest BCUT2D eigenvalue weighted by atomic mass is 9.73. The van der Waals surface area contributed by atoms with Crippen LogP contribution in [0.1, 0.15) is 26.7 Å². The van der Waals surface area contributed by atoms with Crippen LogP contribution in [0, 0.1) is 10.8 Å². The lowest BCUT2D eigenvalue weighted by Gasteiger charge is -2.30. The van der Waals surface area contributed by atoms with Gasteiger partial charge in [-0.25, -0.2) is 4.79 Å². The minimum Gasteiger partial charge on any atom is -0.501 e. The van der Waals surface area contributed by atoms with Crippen molar-refractivity contribution in [3.63, 3.8) is 0 Å². The number of ketones is 1. The number of aliphatic carboxylic acids is 1. The monoisotopic (exact) mass is 211 g/mol. The molecule has 5 nitrogen and oxygen atoms in total. The second kappa shape index (κ2) is 3.49.